The second-order valence-electron chi connectivity index (χ2n) is 6.41. The SMILES string of the molecule is C=CC.CC/C(=C(/CCC(=O)O)c1ccccc1C)c1ccccc1.CCC=N. The van der Waals surface area contributed by atoms with E-state index in [9.17, 15) is 4.79 Å². The van der Waals surface area contributed by atoms with E-state index in [2.05, 4.69) is 44.7 Å². The van der Waals surface area contributed by atoms with Gasteiger partial charge in [0, 0.05) is 6.42 Å². The maximum Gasteiger partial charge on any atom is 0.303 e. The van der Waals surface area contributed by atoms with Crippen molar-refractivity contribution in [2.45, 2.75) is 53.4 Å². The predicted octanol–water partition coefficient (Wildman–Crippen LogP) is 7.42. The number of allylic oxidation sites excluding steroid dienone is 3. The van der Waals surface area contributed by atoms with Gasteiger partial charge >= 0.3 is 5.97 Å². The molecule has 2 N–H and O–H groups in total. The average molecular weight is 394 g/mol. The van der Waals surface area contributed by atoms with Crippen LogP contribution in [0.1, 0.15) is 63.1 Å². The molecular weight excluding hydrogens is 358 g/mol. The minimum atomic E-state index is -0.755. The first-order chi connectivity index (χ1) is 14.0. The van der Waals surface area contributed by atoms with E-state index in [4.69, 9.17) is 10.5 Å². The number of nitrogens with one attached hydrogen (secondary N) is 1. The van der Waals surface area contributed by atoms with Gasteiger partial charge in [-0.05, 0) is 67.2 Å². The second kappa shape index (κ2) is 16.1. The summed E-state index contributed by atoms with van der Waals surface area (Å²) in [5.74, 6) is -0.755. The first kappa shape index (κ1) is 26.1. The quantitative estimate of drug-likeness (QED) is 0.292. The lowest BCUT2D eigenvalue weighted by molar-refractivity contribution is -0.136. The predicted molar refractivity (Wildman–Crippen MR) is 127 cm³/mol. The van der Waals surface area contributed by atoms with Crippen LogP contribution in [0.5, 0.6) is 0 Å². The Kier molecular flexibility index (Phi) is 14.4. The Morgan fingerprint density at radius 1 is 1.00 bits per heavy atom. The Bertz CT molecular complexity index is 776. The third kappa shape index (κ3) is 10.2. The molecule has 0 heterocycles. The highest BCUT2D eigenvalue weighted by atomic mass is 16.4. The first-order valence-electron chi connectivity index (χ1n) is 10.1. The molecule has 29 heavy (non-hydrogen) atoms. The van der Waals surface area contributed by atoms with Crippen LogP contribution in [-0.2, 0) is 4.79 Å². The molecule has 0 aliphatic heterocycles. The molecule has 0 aliphatic rings. The molecule has 0 saturated heterocycles. The molecule has 0 aliphatic carbocycles. The molecular formula is C26H35NO2. The summed E-state index contributed by atoms with van der Waals surface area (Å²) in [5.41, 5.74) is 5.90. The summed E-state index contributed by atoms with van der Waals surface area (Å²) in [7, 11) is 0. The lowest BCUT2D eigenvalue weighted by atomic mass is 9.88. The van der Waals surface area contributed by atoms with Crippen LogP contribution in [0, 0.1) is 12.3 Å². The fraction of sp³-hybridized carbons (Fsp3) is 0.308. The number of aliphatic carboxylic acids is 1. The third-order valence-corrected chi connectivity index (χ3v) is 4.10. The van der Waals surface area contributed by atoms with Gasteiger partial charge in [0.2, 0.25) is 0 Å². The van der Waals surface area contributed by atoms with E-state index in [-0.39, 0.29) is 6.42 Å². The number of hydrogen-bond acceptors (Lipinski definition) is 2. The van der Waals surface area contributed by atoms with Crippen molar-refractivity contribution < 1.29 is 9.90 Å². The molecule has 156 valence electrons. The van der Waals surface area contributed by atoms with Crippen molar-refractivity contribution in [2.75, 3.05) is 0 Å². The molecule has 0 bridgehead atoms. The minimum absolute atomic E-state index is 0.153. The number of benzene rings is 2. The third-order valence-electron chi connectivity index (χ3n) is 4.10. The smallest absolute Gasteiger partial charge is 0.303 e. The monoisotopic (exact) mass is 393 g/mol. The Morgan fingerprint density at radius 2 is 1.52 bits per heavy atom. The number of carbonyl (C=O) groups is 1. The summed E-state index contributed by atoms with van der Waals surface area (Å²) in [6, 6.07) is 18.4. The lowest BCUT2D eigenvalue weighted by Crippen LogP contribution is -2.00. The normalized spacial score (nSPS) is 10.3. The zero-order valence-corrected chi connectivity index (χ0v) is 18.2. The van der Waals surface area contributed by atoms with Gasteiger partial charge in [-0.2, -0.15) is 0 Å². The fourth-order valence-corrected chi connectivity index (χ4v) is 2.82. The Balaban J connectivity index is 0.000000975. The Hall–Kier alpha value is -2.94. The van der Waals surface area contributed by atoms with E-state index >= 15 is 0 Å². The van der Waals surface area contributed by atoms with E-state index in [0.717, 1.165) is 24.0 Å². The molecule has 3 nitrogen and oxygen atoms in total. The van der Waals surface area contributed by atoms with E-state index in [1.165, 1.54) is 22.9 Å². The van der Waals surface area contributed by atoms with Crippen molar-refractivity contribution in [1.82, 2.24) is 0 Å². The van der Waals surface area contributed by atoms with Crippen LogP contribution >= 0.6 is 0 Å². The maximum atomic E-state index is 11.0. The van der Waals surface area contributed by atoms with Crippen molar-refractivity contribution >= 4 is 23.3 Å². The van der Waals surface area contributed by atoms with Crippen LogP contribution in [0.4, 0.5) is 0 Å². The molecule has 2 aromatic carbocycles. The molecule has 0 atom stereocenters. The Morgan fingerprint density at radius 3 is 1.97 bits per heavy atom. The number of rotatable bonds is 7. The standard InChI is InChI=1S/C20H22O2.C3H7N.C3H6/c1-3-17(16-10-5-4-6-11-16)19(13-14-20(21)22)18-12-8-7-9-15(18)2;1-2-3-4;1-3-2/h4-12H,3,13-14H2,1-2H3,(H,21,22);3-4H,2H2,1H3;3H,1H2,2H3/b19-17+;;. The van der Waals surface area contributed by atoms with Crippen molar-refractivity contribution in [1.29, 1.82) is 5.41 Å². The average Bonchev–Trinajstić information content (AvgIpc) is 2.73. The van der Waals surface area contributed by atoms with Crippen LogP contribution < -0.4 is 0 Å². The molecule has 0 aromatic heterocycles. The topological polar surface area (TPSA) is 61.1 Å². The molecule has 0 unspecified atom stereocenters. The fourth-order valence-electron chi connectivity index (χ4n) is 2.82. The van der Waals surface area contributed by atoms with Gasteiger partial charge in [-0.15, -0.1) is 6.58 Å². The van der Waals surface area contributed by atoms with Crippen molar-refractivity contribution in [2.24, 2.45) is 0 Å². The highest BCUT2D eigenvalue weighted by Gasteiger charge is 2.13. The summed E-state index contributed by atoms with van der Waals surface area (Å²) in [5, 5.41) is 15.4. The van der Waals surface area contributed by atoms with Gasteiger partial charge < -0.3 is 10.5 Å². The highest BCUT2D eigenvalue weighted by Crippen LogP contribution is 2.33. The molecule has 2 aromatic rings. The molecule has 0 saturated carbocycles. The highest BCUT2D eigenvalue weighted by molar-refractivity contribution is 5.92. The van der Waals surface area contributed by atoms with E-state index in [1.807, 2.05) is 44.2 Å². The van der Waals surface area contributed by atoms with Crippen LogP contribution in [0.25, 0.3) is 11.1 Å². The van der Waals surface area contributed by atoms with Crippen LogP contribution in [0.3, 0.4) is 0 Å². The summed E-state index contributed by atoms with van der Waals surface area (Å²) in [6.45, 7) is 11.4. The van der Waals surface area contributed by atoms with Gasteiger partial charge in [0.1, 0.15) is 0 Å². The zero-order chi connectivity index (χ0) is 22.1. The van der Waals surface area contributed by atoms with Crippen molar-refractivity contribution in [3.05, 3.63) is 83.9 Å². The number of aryl methyl sites for hydroxylation is 1. The van der Waals surface area contributed by atoms with Crippen LogP contribution in [0.15, 0.2) is 67.3 Å². The van der Waals surface area contributed by atoms with E-state index in [0.29, 0.717) is 6.42 Å². The second-order valence-corrected chi connectivity index (χ2v) is 6.41. The zero-order valence-electron chi connectivity index (χ0n) is 18.2. The van der Waals surface area contributed by atoms with E-state index in [1.54, 1.807) is 6.08 Å². The number of hydrogen-bond donors (Lipinski definition) is 2. The lowest BCUT2D eigenvalue weighted by Gasteiger charge is -2.17. The van der Waals surface area contributed by atoms with Gasteiger partial charge in [0.25, 0.3) is 0 Å². The molecule has 0 radical (unpaired) electrons. The molecule has 0 amide bonds. The maximum absolute atomic E-state index is 11.0. The number of carboxylic acid groups (broad SMARTS) is 1. The largest absolute Gasteiger partial charge is 0.481 e. The first-order valence-corrected chi connectivity index (χ1v) is 10.1. The van der Waals surface area contributed by atoms with Gasteiger partial charge in [0.05, 0.1) is 0 Å². The molecule has 0 spiro atoms. The van der Waals surface area contributed by atoms with Gasteiger partial charge in [-0.3, -0.25) is 4.79 Å². The van der Waals surface area contributed by atoms with Gasteiger partial charge in [0.15, 0.2) is 0 Å². The summed E-state index contributed by atoms with van der Waals surface area (Å²) in [6.07, 6.45) is 5.57. The van der Waals surface area contributed by atoms with Crippen LogP contribution in [0.2, 0.25) is 0 Å². The van der Waals surface area contributed by atoms with Crippen molar-refractivity contribution in [3.8, 4) is 0 Å². The van der Waals surface area contributed by atoms with Crippen molar-refractivity contribution in [3.63, 3.8) is 0 Å². The van der Waals surface area contributed by atoms with Gasteiger partial charge in [-0.1, -0.05) is 74.5 Å². The molecule has 3 heteroatoms. The van der Waals surface area contributed by atoms with Gasteiger partial charge in [-0.25, -0.2) is 0 Å². The summed E-state index contributed by atoms with van der Waals surface area (Å²) >= 11 is 0. The molecule has 2 rings (SSSR count). The summed E-state index contributed by atoms with van der Waals surface area (Å²) in [4.78, 5) is 11.0. The minimum Gasteiger partial charge on any atom is -0.481 e. The Labute approximate surface area is 176 Å². The van der Waals surface area contributed by atoms with Crippen LogP contribution in [-0.4, -0.2) is 17.3 Å². The molecule has 0 fully saturated rings. The number of carboxylic acids is 1. The summed E-state index contributed by atoms with van der Waals surface area (Å²) < 4.78 is 0. The van der Waals surface area contributed by atoms with E-state index < -0.39 is 5.97 Å².